The number of carbonyl (C=O) groups excluding carboxylic acids is 1. The minimum Gasteiger partial charge on any atom is -0.480 e. The number of hydrogen-bond donors (Lipinski definition) is 2. The molecule has 1 aliphatic rings. The second kappa shape index (κ2) is 7.11. The molecule has 122 valence electrons. The lowest BCUT2D eigenvalue weighted by Gasteiger charge is -2.33. The van der Waals surface area contributed by atoms with Crippen LogP contribution in [-0.4, -0.2) is 66.7 Å². The fraction of sp³-hybridized carbons (Fsp3) is 0.867. The first-order valence-electron chi connectivity index (χ1n) is 7.54. The zero-order valence-electron chi connectivity index (χ0n) is 13.8. The van der Waals surface area contributed by atoms with Crippen LogP contribution in [0, 0.1) is 11.3 Å². The average molecular weight is 299 g/mol. The van der Waals surface area contributed by atoms with Gasteiger partial charge in [0, 0.05) is 13.6 Å². The summed E-state index contributed by atoms with van der Waals surface area (Å²) >= 11 is 0. The zero-order valence-corrected chi connectivity index (χ0v) is 13.8. The molecule has 0 aromatic rings. The number of carboxylic acid groups (broad SMARTS) is 1. The molecule has 21 heavy (non-hydrogen) atoms. The second-order valence-electron chi connectivity index (χ2n) is 7.21. The van der Waals surface area contributed by atoms with E-state index in [0.717, 1.165) is 25.9 Å². The second-order valence-corrected chi connectivity index (χ2v) is 7.21. The average Bonchev–Trinajstić information content (AvgIpc) is 2.36. The van der Waals surface area contributed by atoms with Crippen LogP contribution < -0.4 is 5.32 Å². The van der Waals surface area contributed by atoms with Gasteiger partial charge in [0.15, 0.2) is 0 Å². The van der Waals surface area contributed by atoms with Crippen LogP contribution in [0.15, 0.2) is 0 Å². The summed E-state index contributed by atoms with van der Waals surface area (Å²) in [4.78, 5) is 27.4. The predicted octanol–water partition coefficient (Wildman–Crippen LogP) is 1.47. The van der Waals surface area contributed by atoms with Crippen molar-refractivity contribution in [1.29, 1.82) is 0 Å². The molecule has 0 bridgehead atoms. The van der Waals surface area contributed by atoms with E-state index in [1.54, 1.807) is 11.9 Å². The Kier molecular flexibility index (Phi) is 6.01. The Hall–Kier alpha value is -1.30. The lowest BCUT2D eigenvalue weighted by atomic mass is 9.87. The highest BCUT2D eigenvalue weighted by Crippen LogP contribution is 2.20. The van der Waals surface area contributed by atoms with Crippen LogP contribution in [0.3, 0.4) is 0 Å². The SMILES string of the molecule is CN1CCC(CN(C)C(=O)NC(C(=O)O)C(C)(C)C)CC1. The maximum atomic E-state index is 12.2. The molecule has 6 heteroatoms. The molecule has 0 spiro atoms. The van der Waals surface area contributed by atoms with Gasteiger partial charge in [0.05, 0.1) is 0 Å². The number of rotatable bonds is 4. The molecule has 6 nitrogen and oxygen atoms in total. The molecule has 2 N–H and O–H groups in total. The molecule has 1 unspecified atom stereocenters. The Balaban J connectivity index is 2.52. The van der Waals surface area contributed by atoms with E-state index in [-0.39, 0.29) is 6.03 Å². The predicted molar refractivity (Wildman–Crippen MR) is 82.3 cm³/mol. The van der Waals surface area contributed by atoms with Crippen molar-refractivity contribution in [3.63, 3.8) is 0 Å². The Labute approximate surface area is 127 Å². The van der Waals surface area contributed by atoms with Crippen LogP contribution in [0.2, 0.25) is 0 Å². The molecule has 1 saturated heterocycles. The summed E-state index contributed by atoms with van der Waals surface area (Å²) in [7, 11) is 3.84. The van der Waals surface area contributed by atoms with Crippen molar-refractivity contribution in [2.45, 2.75) is 39.7 Å². The van der Waals surface area contributed by atoms with Crippen molar-refractivity contribution in [2.24, 2.45) is 11.3 Å². The summed E-state index contributed by atoms with van der Waals surface area (Å²) in [6.07, 6.45) is 2.16. The third kappa shape index (κ3) is 5.53. The molecule has 2 amide bonds. The first kappa shape index (κ1) is 17.8. The van der Waals surface area contributed by atoms with Gasteiger partial charge in [-0.2, -0.15) is 0 Å². The monoisotopic (exact) mass is 299 g/mol. The summed E-state index contributed by atoms with van der Waals surface area (Å²) in [5, 5.41) is 11.9. The smallest absolute Gasteiger partial charge is 0.326 e. The minimum atomic E-state index is -0.997. The van der Waals surface area contributed by atoms with Crippen molar-refractivity contribution in [3.05, 3.63) is 0 Å². The highest BCUT2D eigenvalue weighted by Gasteiger charge is 2.33. The largest absolute Gasteiger partial charge is 0.480 e. The molecule has 1 rings (SSSR count). The van der Waals surface area contributed by atoms with Crippen molar-refractivity contribution in [3.8, 4) is 0 Å². The molecule has 1 aliphatic heterocycles. The van der Waals surface area contributed by atoms with E-state index in [0.29, 0.717) is 12.5 Å². The number of piperidine rings is 1. The van der Waals surface area contributed by atoms with Gasteiger partial charge in [0.1, 0.15) is 6.04 Å². The van der Waals surface area contributed by atoms with Crippen molar-refractivity contribution >= 4 is 12.0 Å². The van der Waals surface area contributed by atoms with Crippen LogP contribution >= 0.6 is 0 Å². The fourth-order valence-electron chi connectivity index (χ4n) is 2.60. The van der Waals surface area contributed by atoms with E-state index in [9.17, 15) is 14.7 Å². The van der Waals surface area contributed by atoms with E-state index in [1.807, 2.05) is 20.8 Å². The van der Waals surface area contributed by atoms with Gasteiger partial charge in [0.2, 0.25) is 0 Å². The summed E-state index contributed by atoms with van der Waals surface area (Å²) < 4.78 is 0. The van der Waals surface area contributed by atoms with Gasteiger partial charge in [-0.05, 0) is 44.3 Å². The van der Waals surface area contributed by atoms with Crippen LogP contribution in [0.25, 0.3) is 0 Å². The van der Waals surface area contributed by atoms with Crippen LogP contribution in [0.4, 0.5) is 4.79 Å². The fourth-order valence-corrected chi connectivity index (χ4v) is 2.60. The summed E-state index contributed by atoms with van der Waals surface area (Å²) in [6, 6.07) is -1.19. The van der Waals surface area contributed by atoms with E-state index >= 15 is 0 Å². The van der Waals surface area contributed by atoms with Gasteiger partial charge < -0.3 is 20.2 Å². The van der Waals surface area contributed by atoms with Gasteiger partial charge >= 0.3 is 12.0 Å². The Morgan fingerprint density at radius 2 is 1.86 bits per heavy atom. The topological polar surface area (TPSA) is 72.9 Å². The molecule has 1 heterocycles. The minimum absolute atomic E-state index is 0.309. The van der Waals surface area contributed by atoms with Gasteiger partial charge in [-0.15, -0.1) is 0 Å². The summed E-state index contributed by atoms with van der Waals surface area (Å²) in [6.45, 7) is 8.21. The number of carboxylic acids is 1. The van der Waals surface area contributed by atoms with E-state index in [1.165, 1.54) is 0 Å². The maximum Gasteiger partial charge on any atom is 0.326 e. The van der Waals surface area contributed by atoms with E-state index in [2.05, 4.69) is 17.3 Å². The standard InChI is InChI=1S/C15H29N3O3/c1-15(2,3)12(13(19)20)16-14(21)18(5)10-11-6-8-17(4)9-7-11/h11-12H,6-10H2,1-5H3,(H,16,21)(H,19,20). The van der Waals surface area contributed by atoms with Gasteiger partial charge in [-0.25, -0.2) is 9.59 Å². The third-order valence-corrected chi connectivity index (χ3v) is 4.10. The van der Waals surface area contributed by atoms with Gasteiger partial charge in [-0.1, -0.05) is 20.8 Å². The Bertz CT molecular complexity index is 371. The van der Waals surface area contributed by atoms with Gasteiger partial charge in [0.25, 0.3) is 0 Å². The first-order valence-corrected chi connectivity index (χ1v) is 7.54. The number of hydrogen-bond acceptors (Lipinski definition) is 3. The Morgan fingerprint density at radius 1 is 1.33 bits per heavy atom. The van der Waals surface area contributed by atoms with Crippen LogP contribution in [0.1, 0.15) is 33.6 Å². The molecule has 0 aliphatic carbocycles. The quantitative estimate of drug-likeness (QED) is 0.824. The summed E-state index contributed by atoms with van der Waals surface area (Å²) in [5.41, 5.74) is -0.518. The molecular formula is C15H29N3O3. The molecule has 0 radical (unpaired) electrons. The molecule has 1 atom stereocenters. The maximum absolute atomic E-state index is 12.2. The number of nitrogens with one attached hydrogen (secondary N) is 1. The number of likely N-dealkylation sites (tertiary alicyclic amines) is 1. The van der Waals surface area contributed by atoms with Crippen molar-refractivity contribution in [1.82, 2.24) is 15.1 Å². The first-order chi connectivity index (χ1) is 9.61. The van der Waals surface area contributed by atoms with E-state index < -0.39 is 17.4 Å². The number of nitrogens with zero attached hydrogens (tertiary/aromatic N) is 2. The molecular weight excluding hydrogens is 270 g/mol. The molecule has 0 aromatic carbocycles. The number of urea groups is 1. The highest BCUT2D eigenvalue weighted by atomic mass is 16.4. The summed E-state index contributed by atoms with van der Waals surface area (Å²) in [5.74, 6) is -0.501. The third-order valence-electron chi connectivity index (χ3n) is 4.10. The lowest BCUT2D eigenvalue weighted by molar-refractivity contribution is -0.142. The van der Waals surface area contributed by atoms with Gasteiger partial charge in [-0.3, -0.25) is 0 Å². The Morgan fingerprint density at radius 3 is 2.29 bits per heavy atom. The number of amides is 2. The lowest BCUT2D eigenvalue weighted by Crippen LogP contribution is -2.53. The van der Waals surface area contributed by atoms with Crippen LogP contribution in [-0.2, 0) is 4.79 Å². The molecule has 0 aromatic heterocycles. The van der Waals surface area contributed by atoms with Crippen LogP contribution in [0.5, 0.6) is 0 Å². The normalized spacial score (nSPS) is 19.1. The molecule has 0 saturated carbocycles. The van der Waals surface area contributed by atoms with E-state index in [4.69, 9.17) is 0 Å². The number of aliphatic carboxylic acids is 1. The van der Waals surface area contributed by atoms with Crippen molar-refractivity contribution in [2.75, 3.05) is 33.7 Å². The number of carbonyl (C=O) groups is 2. The highest BCUT2D eigenvalue weighted by molar-refractivity contribution is 5.83. The molecule has 1 fully saturated rings. The van der Waals surface area contributed by atoms with Crippen molar-refractivity contribution < 1.29 is 14.7 Å². The zero-order chi connectivity index (χ0) is 16.2.